The van der Waals surface area contributed by atoms with E-state index in [9.17, 15) is 14.9 Å². The van der Waals surface area contributed by atoms with E-state index in [-0.39, 0.29) is 16.3 Å². The predicted molar refractivity (Wildman–Crippen MR) is 79.9 cm³/mol. The molecule has 0 atom stereocenters. The zero-order valence-electron chi connectivity index (χ0n) is 11.8. The van der Waals surface area contributed by atoms with Crippen LogP contribution in [0.2, 0.25) is 5.02 Å². The molecule has 0 saturated carbocycles. The molecule has 2 aromatic rings. The Morgan fingerprint density at radius 2 is 2.27 bits per heavy atom. The molecule has 1 heterocycles. The van der Waals surface area contributed by atoms with Crippen LogP contribution in [0.15, 0.2) is 18.2 Å². The van der Waals surface area contributed by atoms with Crippen molar-refractivity contribution in [3.63, 3.8) is 0 Å². The summed E-state index contributed by atoms with van der Waals surface area (Å²) in [7, 11) is 0. The van der Waals surface area contributed by atoms with Crippen LogP contribution in [0.4, 0.5) is 5.69 Å². The first-order valence-corrected chi connectivity index (χ1v) is 6.95. The molecular formula is C13H14ClN5O3. The van der Waals surface area contributed by atoms with E-state index in [1.54, 1.807) is 6.92 Å². The highest BCUT2D eigenvalue weighted by Gasteiger charge is 2.20. The van der Waals surface area contributed by atoms with Gasteiger partial charge in [-0.05, 0) is 25.5 Å². The Kier molecular flexibility index (Phi) is 5.05. The molecule has 116 valence electrons. The Morgan fingerprint density at radius 1 is 1.50 bits per heavy atom. The highest BCUT2D eigenvalue weighted by molar-refractivity contribution is 6.31. The van der Waals surface area contributed by atoms with Crippen molar-refractivity contribution < 1.29 is 9.72 Å². The Labute approximate surface area is 131 Å². The molecule has 8 nitrogen and oxygen atoms in total. The van der Waals surface area contributed by atoms with Crippen molar-refractivity contribution in [2.45, 2.75) is 19.8 Å². The maximum Gasteiger partial charge on any atom is 0.282 e. The third kappa shape index (κ3) is 4.01. The molecule has 1 amide bonds. The summed E-state index contributed by atoms with van der Waals surface area (Å²) in [6.07, 6.45) is 1.22. The van der Waals surface area contributed by atoms with Gasteiger partial charge in [-0.3, -0.25) is 20.0 Å². The van der Waals surface area contributed by atoms with Crippen LogP contribution < -0.4 is 5.32 Å². The van der Waals surface area contributed by atoms with E-state index in [4.69, 9.17) is 11.6 Å². The number of nitrogens with zero attached hydrogens (tertiary/aromatic N) is 3. The van der Waals surface area contributed by atoms with Crippen molar-refractivity contribution in [1.82, 2.24) is 20.5 Å². The van der Waals surface area contributed by atoms with Gasteiger partial charge in [-0.2, -0.15) is 5.10 Å². The smallest absolute Gasteiger partial charge is 0.282 e. The number of nitro groups is 1. The summed E-state index contributed by atoms with van der Waals surface area (Å²) in [5.41, 5.74) is -0.322. The lowest BCUT2D eigenvalue weighted by Gasteiger charge is -2.05. The fourth-order valence-electron chi connectivity index (χ4n) is 1.89. The molecular weight excluding hydrogens is 310 g/mol. The van der Waals surface area contributed by atoms with Gasteiger partial charge in [0.15, 0.2) is 5.82 Å². The van der Waals surface area contributed by atoms with Crippen LogP contribution in [-0.2, 0) is 6.42 Å². The molecule has 0 spiro atoms. The molecule has 2 rings (SSSR count). The second-order valence-electron chi connectivity index (χ2n) is 4.62. The zero-order chi connectivity index (χ0) is 16.1. The highest BCUT2D eigenvalue weighted by Crippen LogP contribution is 2.22. The maximum absolute atomic E-state index is 12.0. The molecule has 0 aliphatic heterocycles. The molecule has 1 aromatic heterocycles. The van der Waals surface area contributed by atoms with Crippen molar-refractivity contribution in [2.24, 2.45) is 0 Å². The molecule has 1 aromatic carbocycles. The summed E-state index contributed by atoms with van der Waals surface area (Å²) in [4.78, 5) is 26.5. The van der Waals surface area contributed by atoms with E-state index < -0.39 is 10.8 Å². The number of rotatable bonds is 6. The van der Waals surface area contributed by atoms with Crippen LogP contribution >= 0.6 is 11.6 Å². The molecule has 0 aliphatic carbocycles. The Morgan fingerprint density at radius 3 is 2.91 bits per heavy atom. The number of halogens is 1. The second-order valence-corrected chi connectivity index (χ2v) is 5.05. The molecule has 0 radical (unpaired) electrons. The summed E-state index contributed by atoms with van der Waals surface area (Å²) in [6.45, 7) is 2.16. The molecule has 2 N–H and O–H groups in total. The quantitative estimate of drug-likeness (QED) is 0.479. The first-order chi connectivity index (χ1) is 10.5. The minimum absolute atomic E-state index is 0.0498. The van der Waals surface area contributed by atoms with Gasteiger partial charge in [0.1, 0.15) is 11.4 Å². The average molecular weight is 324 g/mol. The van der Waals surface area contributed by atoms with E-state index >= 15 is 0 Å². The van der Waals surface area contributed by atoms with Crippen molar-refractivity contribution in [3.05, 3.63) is 50.5 Å². The molecule has 22 heavy (non-hydrogen) atoms. The third-order valence-corrected chi connectivity index (χ3v) is 3.14. The summed E-state index contributed by atoms with van der Waals surface area (Å²) in [5, 5.41) is 20.5. The van der Waals surface area contributed by atoms with Crippen LogP contribution in [0.25, 0.3) is 0 Å². The number of aromatic amines is 1. The van der Waals surface area contributed by atoms with Gasteiger partial charge < -0.3 is 5.32 Å². The first kappa shape index (κ1) is 15.9. The van der Waals surface area contributed by atoms with Crippen molar-refractivity contribution in [1.29, 1.82) is 0 Å². The molecule has 0 aliphatic rings. The van der Waals surface area contributed by atoms with Crippen LogP contribution in [0, 0.1) is 17.0 Å². The number of benzene rings is 1. The maximum atomic E-state index is 12.0. The number of carbonyl (C=O) groups excluding carboxylic acids is 1. The summed E-state index contributed by atoms with van der Waals surface area (Å²) in [6, 6.07) is 3.88. The number of aromatic nitrogens is 3. The Bertz CT molecular complexity index is 701. The fourth-order valence-corrected chi connectivity index (χ4v) is 2.07. The van der Waals surface area contributed by atoms with Gasteiger partial charge in [-0.25, -0.2) is 4.98 Å². The SMILES string of the molecule is Cc1nc(CCCNC(=O)c2cc(Cl)ccc2[N+](=O)[O-])n[nH]1. The number of hydrogen-bond donors (Lipinski definition) is 2. The highest BCUT2D eigenvalue weighted by atomic mass is 35.5. The summed E-state index contributed by atoms with van der Waals surface area (Å²) >= 11 is 5.79. The topological polar surface area (TPSA) is 114 Å². The van der Waals surface area contributed by atoms with Crippen LogP contribution in [0.3, 0.4) is 0 Å². The second kappa shape index (κ2) is 6.99. The van der Waals surface area contributed by atoms with Crippen LogP contribution in [0.1, 0.15) is 28.4 Å². The number of hydrogen-bond acceptors (Lipinski definition) is 5. The predicted octanol–water partition coefficient (Wildman–Crippen LogP) is 2.04. The Hall–Kier alpha value is -2.48. The number of nitrogens with one attached hydrogen (secondary N) is 2. The van der Waals surface area contributed by atoms with Crippen LogP contribution in [0.5, 0.6) is 0 Å². The minimum atomic E-state index is -0.609. The molecule has 0 saturated heterocycles. The lowest BCUT2D eigenvalue weighted by Crippen LogP contribution is -2.25. The lowest BCUT2D eigenvalue weighted by molar-refractivity contribution is -0.385. The van der Waals surface area contributed by atoms with Gasteiger partial charge in [0, 0.05) is 24.1 Å². The lowest BCUT2D eigenvalue weighted by atomic mass is 10.1. The molecule has 0 bridgehead atoms. The minimum Gasteiger partial charge on any atom is -0.352 e. The van der Waals surface area contributed by atoms with Gasteiger partial charge >= 0.3 is 0 Å². The Balaban J connectivity index is 1.92. The van der Waals surface area contributed by atoms with E-state index in [2.05, 4.69) is 20.5 Å². The van der Waals surface area contributed by atoms with Gasteiger partial charge in [0.25, 0.3) is 11.6 Å². The monoisotopic (exact) mass is 323 g/mol. The molecule has 0 fully saturated rings. The number of amides is 1. The largest absolute Gasteiger partial charge is 0.352 e. The van der Waals surface area contributed by atoms with Crippen LogP contribution in [-0.4, -0.2) is 32.6 Å². The van der Waals surface area contributed by atoms with Gasteiger partial charge in [-0.15, -0.1) is 0 Å². The normalized spacial score (nSPS) is 10.5. The van der Waals surface area contributed by atoms with Crippen molar-refractivity contribution in [2.75, 3.05) is 6.54 Å². The van der Waals surface area contributed by atoms with E-state index in [1.165, 1.54) is 18.2 Å². The third-order valence-electron chi connectivity index (χ3n) is 2.91. The average Bonchev–Trinajstić information content (AvgIpc) is 2.88. The fraction of sp³-hybridized carbons (Fsp3) is 0.308. The van der Waals surface area contributed by atoms with Gasteiger partial charge in [-0.1, -0.05) is 11.6 Å². The van der Waals surface area contributed by atoms with E-state index in [0.717, 1.165) is 5.82 Å². The standard InChI is InChI=1S/C13H14ClN5O3/c1-8-16-12(18-17-8)3-2-6-15-13(20)10-7-9(14)4-5-11(10)19(21)22/h4-5,7H,2-3,6H2,1H3,(H,15,20)(H,16,17,18). The van der Waals surface area contributed by atoms with Gasteiger partial charge in [0.2, 0.25) is 0 Å². The number of nitro benzene ring substituents is 1. The molecule has 0 unspecified atom stereocenters. The number of H-pyrrole nitrogens is 1. The van der Waals surface area contributed by atoms with Crippen molar-refractivity contribution in [3.8, 4) is 0 Å². The summed E-state index contributed by atoms with van der Waals surface area (Å²) in [5.74, 6) is 0.870. The number of carbonyl (C=O) groups is 1. The van der Waals surface area contributed by atoms with E-state index in [1.807, 2.05) is 0 Å². The molecule has 9 heteroatoms. The first-order valence-electron chi connectivity index (χ1n) is 6.57. The van der Waals surface area contributed by atoms with Crippen molar-refractivity contribution >= 4 is 23.2 Å². The van der Waals surface area contributed by atoms with Gasteiger partial charge in [0.05, 0.1) is 4.92 Å². The zero-order valence-corrected chi connectivity index (χ0v) is 12.6. The number of aryl methyl sites for hydroxylation is 2. The summed E-state index contributed by atoms with van der Waals surface area (Å²) < 4.78 is 0. The van der Waals surface area contributed by atoms with E-state index in [0.29, 0.717) is 25.2 Å².